The van der Waals surface area contributed by atoms with Gasteiger partial charge in [-0.15, -0.1) is 0 Å². The Labute approximate surface area is 124 Å². The van der Waals surface area contributed by atoms with Crippen LogP contribution in [0.1, 0.15) is 6.42 Å². The van der Waals surface area contributed by atoms with Gasteiger partial charge in [0.1, 0.15) is 6.10 Å². The normalized spacial score (nSPS) is 22.1. The molecule has 1 aliphatic rings. The second-order valence-corrected chi connectivity index (χ2v) is 6.98. The molecule has 1 aliphatic heterocycles. The lowest BCUT2D eigenvalue weighted by Crippen LogP contribution is -2.43. The van der Waals surface area contributed by atoms with Crippen molar-refractivity contribution in [3.8, 4) is 0 Å². The highest BCUT2D eigenvalue weighted by atomic mass is 32.2. The molecule has 6 nitrogen and oxygen atoms in total. The third-order valence-electron chi connectivity index (χ3n) is 3.38. The van der Waals surface area contributed by atoms with Gasteiger partial charge in [0.05, 0.1) is 29.9 Å². The first-order valence-corrected chi connectivity index (χ1v) is 8.36. The molecule has 1 amide bonds. The number of hydrogen-bond donors (Lipinski definition) is 1. The van der Waals surface area contributed by atoms with Crippen molar-refractivity contribution >= 4 is 15.7 Å². The molecule has 2 atom stereocenters. The number of benzene rings is 1. The average molecular weight is 313 g/mol. The van der Waals surface area contributed by atoms with E-state index < -0.39 is 9.84 Å². The van der Waals surface area contributed by atoms with Gasteiger partial charge in [0, 0.05) is 13.5 Å². The Balaban J connectivity index is 1.87. The van der Waals surface area contributed by atoms with Crippen molar-refractivity contribution in [2.75, 3.05) is 26.1 Å². The van der Waals surface area contributed by atoms with Gasteiger partial charge in [-0.1, -0.05) is 18.2 Å². The molecule has 7 heteroatoms. The monoisotopic (exact) mass is 313 g/mol. The van der Waals surface area contributed by atoms with E-state index in [1.54, 1.807) is 25.3 Å². The molecule has 1 aromatic carbocycles. The fourth-order valence-corrected chi connectivity index (χ4v) is 3.41. The van der Waals surface area contributed by atoms with Crippen molar-refractivity contribution in [2.45, 2.75) is 23.5 Å². The summed E-state index contributed by atoms with van der Waals surface area (Å²) in [7, 11) is -1.88. The molecule has 1 fully saturated rings. The molecule has 0 unspecified atom stereocenters. The summed E-state index contributed by atoms with van der Waals surface area (Å²) in [6.07, 6.45) is -0.260. The fourth-order valence-electron chi connectivity index (χ4n) is 2.15. The summed E-state index contributed by atoms with van der Waals surface area (Å²) in [6.45, 7) is 0.819. The van der Waals surface area contributed by atoms with Crippen molar-refractivity contribution in [1.29, 1.82) is 0 Å². The summed E-state index contributed by atoms with van der Waals surface area (Å²) in [5.74, 6) is -0.527. The Bertz CT molecular complexity index is 572. The number of nitrogens with one attached hydrogen (secondary N) is 1. The SMILES string of the molecule is CO[C@H]1COC[C@@H]1NC(=O)CCS(=O)(=O)c1ccccc1. The third kappa shape index (κ3) is 4.26. The quantitative estimate of drug-likeness (QED) is 0.821. The van der Waals surface area contributed by atoms with Crippen LogP contribution in [0.25, 0.3) is 0 Å². The van der Waals surface area contributed by atoms with Gasteiger partial charge in [0.25, 0.3) is 0 Å². The number of hydrogen-bond acceptors (Lipinski definition) is 5. The summed E-state index contributed by atoms with van der Waals surface area (Å²) in [5, 5.41) is 2.75. The Morgan fingerprint density at radius 2 is 2.05 bits per heavy atom. The van der Waals surface area contributed by atoms with Crippen molar-refractivity contribution in [3.05, 3.63) is 30.3 Å². The van der Waals surface area contributed by atoms with Crippen LogP contribution in [0.3, 0.4) is 0 Å². The summed E-state index contributed by atoms with van der Waals surface area (Å²) in [6, 6.07) is 7.90. The zero-order valence-electron chi connectivity index (χ0n) is 11.8. The smallest absolute Gasteiger partial charge is 0.221 e. The van der Waals surface area contributed by atoms with E-state index in [-0.39, 0.29) is 35.1 Å². The first kappa shape index (κ1) is 15.9. The number of carbonyl (C=O) groups is 1. The van der Waals surface area contributed by atoms with Crippen LogP contribution in [0.15, 0.2) is 35.2 Å². The van der Waals surface area contributed by atoms with Gasteiger partial charge >= 0.3 is 0 Å². The van der Waals surface area contributed by atoms with Crippen LogP contribution < -0.4 is 5.32 Å². The average Bonchev–Trinajstić information content (AvgIpc) is 2.93. The molecule has 0 aliphatic carbocycles. The number of sulfone groups is 1. The summed E-state index contributed by atoms with van der Waals surface area (Å²) in [4.78, 5) is 12.1. The van der Waals surface area contributed by atoms with Crippen LogP contribution in [-0.4, -0.2) is 52.5 Å². The highest BCUT2D eigenvalue weighted by Gasteiger charge is 2.29. The molecule has 1 N–H and O–H groups in total. The lowest BCUT2D eigenvalue weighted by molar-refractivity contribution is -0.122. The summed E-state index contributed by atoms with van der Waals surface area (Å²) >= 11 is 0. The van der Waals surface area contributed by atoms with Crippen molar-refractivity contribution in [2.24, 2.45) is 0 Å². The molecular formula is C14H19NO5S. The first-order valence-electron chi connectivity index (χ1n) is 6.70. The first-order chi connectivity index (χ1) is 10.0. The minimum absolute atomic E-state index is 0.0792. The largest absolute Gasteiger partial charge is 0.377 e. The predicted octanol–water partition coefficient (Wildman–Crippen LogP) is 0.380. The van der Waals surface area contributed by atoms with Crippen LogP contribution in [0.2, 0.25) is 0 Å². The second-order valence-electron chi connectivity index (χ2n) is 4.87. The zero-order valence-corrected chi connectivity index (χ0v) is 12.6. The third-order valence-corrected chi connectivity index (χ3v) is 5.11. The van der Waals surface area contributed by atoms with Gasteiger partial charge in [-0.2, -0.15) is 0 Å². The van der Waals surface area contributed by atoms with Crippen LogP contribution in [0.5, 0.6) is 0 Å². The Morgan fingerprint density at radius 3 is 2.71 bits per heavy atom. The minimum Gasteiger partial charge on any atom is -0.377 e. The van der Waals surface area contributed by atoms with Gasteiger partial charge in [-0.05, 0) is 12.1 Å². The lowest BCUT2D eigenvalue weighted by Gasteiger charge is -2.17. The fraction of sp³-hybridized carbons (Fsp3) is 0.500. The van der Waals surface area contributed by atoms with Gasteiger partial charge < -0.3 is 14.8 Å². The molecule has 0 radical (unpaired) electrons. The van der Waals surface area contributed by atoms with E-state index >= 15 is 0 Å². The van der Waals surface area contributed by atoms with E-state index in [1.165, 1.54) is 12.1 Å². The molecule has 2 rings (SSSR count). The number of amides is 1. The van der Waals surface area contributed by atoms with Gasteiger partial charge in [-0.25, -0.2) is 8.42 Å². The molecule has 0 saturated carbocycles. The van der Waals surface area contributed by atoms with Gasteiger partial charge in [0.2, 0.25) is 5.91 Å². The molecule has 1 aromatic rings. The van der Waals surface area contributed by atoms with Crippen molar-refractivity contribution in [1.82, 2.24) is 5.32 Å². The molecule has 116 valence electrons. The van der Waals surface area contributed by atoms with E-state index in [4.69, 9.17) is 9.47 Å². The van der Waals surface area contributed by atoms with Crippen LogP contribution in [0, 0.1) is 0 Å². The van der Waals surface area contributed by atoms with Crippen LogP contribution in [0.4, 0.5) is 0 Å². The van der Waals surface area contributed by atoms with Crippen molar-refractivity contribution < 1.29 is 22.7 Å². The lowest BCUT2D eigenvalue weighted by atomic mass is 10.2. The highest BCUT2D eigenvalue weighted by Crippen LogP contribution is 2.12. The number of rotatable bonds is 6. The summed E-state index contributed by atoms with van der Waals surface area (Å²) in [5.41, 5.74) is 0. The standard InChI is InChI=1S/C14H19NO5S/c1-19-13-10-20-9-12(13)15-14(16)7-8-21(17,18)11-5-3-2-4-6-11/h2-6,12-13H,7-10H2,1H3,(H,15,16)/t12-,13-/m0/s1. The maximum Gasteiger partial charge on any atom is 0.221 e. The number of ether oxygens (including phenoxy) is 2. The molecular weight excluding hydrogens is 294 g/mol. The molecule has 0 aromatic heterocycles. The van der Waals surface area contributed by atoms with E-state index in [9.17, 15) is 13.2 Å². The Kier molecular flexibility index (Phi) is 5.33. The molecule has 0 spiro atoms. The van der Waals surface area contributed by atoms with Crippen LogP contribution >= 0.6 is 0 Å². The second kappa shape index (κ2) is 7.02. The number of methoxy groups -OCH3 is 1. The van der Waals surface area contributed by atoms with E-state index in [1.807, 2.05) is 0 Å². The van der Waals surface area contributed by atoms with E-state index in [0.717, 1.165) is 0 Å². The predicted molar refractivity (Wildman–Crippen MR) is 76.7 cm³/mol. The zero-order chi connectivity index (χ0) is 15.3. The summed E-state index contributed by atoms with van der Waals surface area (Å²) < 4.78 is 34.5. The topological polar surface area (TPSA) is 81.7 Å². The van der Waals surface area contributed by atoms with Gasteiger partial charge in [0.15, 0.2) is 9.84 Å². The molecule has 1 heterocycles. The van der Waals surface area contributed by atoms with Gasteiger partial charge in [-0.3, -0.25) is 4.79 Å². The Morgan fingerprint density at radius 1 is 1.33 bits per heavy atom. The van der Waals surface area contributed by atoms with Crippen LogP contribution in [-0.2, 0) is 24.1 Å². The van der Waals surface area contributed by atoms with E-state index in [2.05, 4.69) is 5.32 Å². The highest BCUT2D eigenvalue weighted by molar-refractivity contribution is 7.91. The van der Waals surface area contributed by atoms with E-state index in [0.29, 0.717) is 13.2 Å². The molecule has 0 bridgehead atoms. The maximum atomic E-state index is 12.1. The van der Waals surface area contributed by atoms with Crippen molar-refractivity contribution in [3.63, 3.8) is 0 Å². The molecule has 21 heavy (non-hydrogen) atoms. The minimum atomic E-state index is -3.43. The number of carbonyl (C=O) groups excluding carboxylic acids is 1. The Hall–Kier alpha value is -1.44. The maximum absolute atomic E-state index is 12.1. The molecule has 1 saturated heterocycles.